The summed E-state index contributed by atoms with van der Waals surface area (Å²) in [6.07, 6.45) is 0. The smallest absolute Gasteiger partial charge is 0.254 e. The van der Waals surface area contributed by atoms with E-state index in [0.29, 0.717) is 22.6 Å². The monoisotopic (exact) mass is 308 g/mol. The van der Waals surface area contributed by atoms with Gasteiger partial charge >= 0.3 is 0 Å². The van der Waals surface area contributed by atoms with Crippen LogP contribution >= 0.6 is 0 Å². The average Bonchev–Trinajstić information content (AvgIpc) is 2.55. The highest BCUT2D eigenvalue weighted by molar-refractivity contribution is 5.94. The number of benzene rings is 2. The Morgan fingerprint density at radius 1 is 1.00 bits per heavy atom. The van der Waals surface area contributed by atoms with E-state index in [-0.39, 0.29) is 18.2 Å². The Morgan fingerprint density at radius 2 is 1.48 bits per heavy atom. The average molecular weight is 308 g/mol. The van der Waals surface area contributed by atoms with Crippen LogP contribution in [0.2, 0.25) is 0 Å². The Kier molecular flexibility index (Phi) is 5.11. The Bertz CT molecular complexity index is 743. The molecular formula is C18H16N2O3. The van der Waals surface area contributed by atoms with E-state index in [4.69, 9.17) is 10.00 Å². The van der Waals surface area contributed by atoms with Crippen molar-refractivity contribution in [3.05, 3.63) is 59.7 Å². The van der Waals surface area contributed by atoms with E-state index in [0.717, 1.165) is 0 Å². The molecule has 0 fully saturated rings. The number of nitrogens with zero attached hydrogens (tertiary/aromatic N) is 2. The molecule has 2 rings (SSSR count). The first-order valence-corrected chi connectivity index (χ1v) is 7.02. The molecule has 0 aromatic heterocycles. The Hall–Kier alpha value is -3.13. The molecule has 116 valence electrons. The molecule has 0 aliphatic carbocycles. The SMILES string of the molecule is CC(=O)c1ccc(Oc2ccc(C(=O)N(C)CC#N)cc2)cc1. The lowest BCUT2D eigenvalue weighted by molar-refractivity contribution is 0.0811. The molecule has 0 atom stereocenters. The maximum atomic E-state index is 12.0. The third-order valence-electron chi connectivity index (χ3n) is 3.25. The molecule has 2 aromatic carbocycles. The quantitative estimate of drug-likeness (QED) is 0.628. The molecule has 0 unspecified atom stereocenters. The van der Waals surface area contributed by atoms with Crippen molar-refractivity contribution in [1.29, 1.82) is 5.26 Å². The molecule has 0 saturated heterocycles. The number of amides is 1. The molecule has 0 spiro atoms. The van der Waals surface area contributed by atoms with Gasteiger partial charge in [-0.1, -0.05) is 0 Å². The number of hydrogen-bond acceptors (Lipinski definition) is 4. The van der Waals surface area contributed by atoms with Crippen LogP contribution in [0.3, 0.4) is 0 Å². The first kappa shape index (κ1) is 16.2. The lowest BCUT2D eigenvalue weighted by Crippen LogP contribution is -2.26. The van der Waals surface area contributed by atoms with Gasteiger partial charge in [-0.05, 0) is 55.5 Å². The first-order valence-electron chi connectivity index (χ1n) is 7.02. The maximum absolute atomic E-state index is 12.0. The fourth-order valence-electron chi connectivity index (χ4n) is 1.96. The molecule has 5 heteroatoms. The van der Waals surface area contributed by atoms with Crippen molar-refractivity contribution < 1.29 is 14.3 Å². The molecule has 23 heavy (non-hydrogen) atoms. The number of ketones is 1. The molecule has 0 bridgehead atoms. The zero-order valence-corrected chi connectivity index (χ0v) is 12.9. The normalized spacial score (nSPS) is 9.78. The van der Waals surface area contributed by atoms with Crippen molar-refractivity contribution in [2.75, 3.05) is 13.6 Å². The van der Waals surface area contributed by atoms with E-state index in [1.54, 1.807) is 55.6 Å². The molecule has 0 N–H and O–H groups in total. The van der Waals surface area contributed by atoms with Gasteiger partial charge in [0.05, 0.1) is 6.07 Å². The summed E-state index contributed by atoms with van der Waals surface area (Å²) >= 11 is 0. The highest BCUT2D eigenvalue weighted by Crippen LogP contribution is 2.22. The van der Waals surface area contributed by atoms with Gasteiger partial charge in [-0.15, -0.1) is 0 Å². The van der Waals surface area contributed by atoms with Crippen LogP contribution < -0.4 is 4.74 Å². The van der Waals surface area contributed by atoms with Gasteiger partial charge in [-0.25, -0.2) is 0 Å². The zero-order chi connectivity index (χ0) is 16.8. The van der Waals surface area contributed by atoms with Crippen LogP contribution in [0.5, 0.6) is 11.5 Å². The number of carbonyl (C=O) groups is 2. The molecular weight excluding hydrogens is 292 g/mol. The molecule has 0 saturated carbocycles. The van der Waals surface area contributed by atoms with E-state index < -0.39 is 0 Å². The fraction of sp³-hybridized carbons (Fsp3) is 0.167. The van der Waals surface area contributed by atoms with Gasteiger partial charge in [0.25, 0.3) is 5.91 Å². The molecule has 1 amide bonds. The van der Waals surface area contributed by atoms with E-state index in [2.05, 4.69) is 0 Å². The lowest BCUT2D eigenvalue weighted by atomic mass is 10.1. The Balaban J connectivity index is 2.06. The highest BCUT2D eigenvalue weighted by Gasteiger charge is 2.11. The van der Waals surface area contributed by atoms with Crippen molar-refractivity contribution >= 4 is 11.7 Å². The second-order valence-corrected chi connectivity index (χ2v) is 5.03. The van der Waals surface area contributed by atoms with Crippen molar-refractivity contribution in [3.8, 4) is 17.6 Å². The minimum absolute atomic E-state index is 0.000837. The molecule has 2 aromatic rings. The van der Waals surface area contributed by atoms with Gasteiger partial charge in [0.2, 0.25) is 0 Å². The first-order chi connectivity index (χ1) is 11.0. The van der Waals surface area contributed by atoms with Gasteiger partial charge in [-0.3, -0.25) is 9.59 Å². The summed E-state index contributed by atoms with van der Waals surface area (Å²) in [7, 11) is 1.58. The van der Waals surface area contributed by atoms with Crippen molar-refractivity contribution in [2.45, 2.75) is 6.92 Å². The van der Waals surface area contributed by atoms with Gasteiger partial charge in [0.15, 0.2) is 5.78 Å². The summed E-state index contributed by atoms with van der Waals surface area (Å²) in [6, 6.07) is 15.4. The van der Waals surface area contributed by atoms with Crippen molar-refractivity contribution in [3.63, 3.8) is 0 Å². The number of nitriles is 1. The summed E-state index contributed by atoms with van der Waals surface area (Å²) in [4.78, 5) is 24.6. The van der Waals surface area contributed by atoms with E-state index in [1.807, 2.05) is 6.07 Å². The number of Topliss-reactive ketones (excluding diaryl/α,β-unsaturated/α-hetero) is 1. The van der Waals surface area contributed by atoms with Crippen LogP contribution in [0.4, 0.5) is 0 Å². The van der Waals surface area contributed by atoms with Crippen LogP contribution in [-0.2, 0) is 0 Å². The third-order valence-corrected chi connectivity index (χ3v) is 3.25. The van der Waals surface area contributed by atoms with Crippen LogP contribution in [0.25, 0.3) is 0 Å². The van der Waals surface area contributed by atoms with Crippen molar-refractivity contribution in [2.24, 2.45) is 0 Å². The highest BCUT2D eigenvalue weighted by atomic mass is 16.5. The Labute approximate surface area is 134 Å². The number of hydrogen-bond donors (Lipinski definition) is 0. The number of rotatable bonds is 5. The molecule has 5 nitrogen and oxygen atoms in total. The number of carbonyl (C=O) groups excluding carboxylic acids is 2. The van der Waals surface area contributed by atoms with E-state index in [1.165, 1.54) is 11.8 Å². The minimum atomic E-state index is -0.219. The summed E-state index contributed by atoms with van der Waals surface area (Å²) in [5.74, 6) is 0.973. The molecule has 0 radical (unpaired) electrons. The van der Waals surface area contributed by atoms with Gasteiger partial charge < -0.3 is 9.64 Å². The molecule has 0 aliphatic rings. The van der Waals surface area contributed by atoms with E-state index >= 15 is 0 Å². The Morgan fingerprint density at radius 3 is 1.91 bits per heavy atom. The minimum Gasteiger partial charge on any atom is -0.457 e. The lowest BCUT2D eigenvalue weighted by Gasteiger charge is -2.13. The van der Waals surface area contributed by atoms with Gasteiger partial charge in [-0.2, -0.15) is 5.26 Å². The van der Waals surface area contributed by atoms with Crippen LogP contribution in [0, 0.1) is 11.3 Å². The topological polar surface area (TPSA) is 70.4 Å². The maximum Gasteiger partial charge on any atom is 0.254 e. The largest absolute Gasteiger partial charge is 0.457 e. The van der Waals surface area contributed by atoms with Crippen molar-refractivity contribution in [1.82, 2.24) is 4.90 Å². The zero-order valence-electron chi connectivity index (χ0n) is 12.9. The predicted octanol–water partition coefficient (Wildman–Crippen LogP) is 3.28. The second kappa shape index (κ2) is 7.23. The predicted molar refractivity (Wildman–Crippen MR) is 85.5 cm³/mol. The van der Waals surface area contributed by atoms with Gasteiger partial charge in [0, 0.05) is 18.2 Å². The molecule has 0 heterocycles. The standard InChI is InChI=1S/C18H16N2O3/c1-13(21)14-3-7-16(8-4-14)23-17-9-5-15(6-10-17)18(22)20(2)12-11-19/h3-10H,12H2,1-2H3. The number of ether oxygens (including phenoxy) is 1. The summed E-state index contributed by atoms with van der Waals surface area (Å²) in [6.45, 7) is 1.55. The van der Waals surface area contributed by atoms with Crippen LogP contribution in [-0.4, -0.2) is 30.2 Å². The summed E-state index contributed by atoms with van der Waals surface area (Å²) < 4.78 is 5.67. The molecule has 0 aliphatic heterocycles. The van der Waals surface area contributed by atoms with E-state index in [9.17, 15) is 9.59 Å². The van der Waals surface area contributed by atoms with Crippen LogP contribution in [0.1, 0.15) is 27.6 Å². The van der Waals surface area contributed by atoms with Crippen LogP contribution in [0.15, 0.2) is 48.5 Å². The second-order valence-electron chi connectivity index (χ2n) is 5.03. The van der Waals surface area contributed by atoms with Gasteiger partial charge in [0.1, 0.15) is 18.0 Å². The summed E-state index contributed by atoms with van der Waals surface area (Å²) in [5, 5.41) is 8.61. The third kappa shape index (κ3) is 4.17. The summed E-state index contributed by atoms with van der Waals surface area (Å²) in [5.41, 5.74) is 1.11. The fourth-order valence-corrected chi connectivity index (χ4v) is 1.96.